The van der Waals surface area contributed by atoms with Crippen LogP contribution in [0.5, 0.6) is 0 Å². The molecule has 1 fully saturated rings. The van der Waals surface area contributed by atoms with Crippen molar-refractivity contribution in [3.05, 3.63) is 30.3 Å². The molecule has 2 N–H and O–H groups in total. The van der Waals surface area contributed by atoms with Crippen LogP contribution in [0.4, 0.5) is 0 Å². The van der Waals surface area contributed by atoms with Crippen molar-refractivity contribution in [1.29, 1.82) is 0 Å². The van der Waals surface area contributed by atoms with Gasteiger partial charge in [-0.25, -0.2) is 8.42 Å². The van der Waals surface area contributed by atoms with E-state index in [0.29, 0.717) is 30.6 Å². The Morgan fingerprint density at radius 3 is 2.30 bits per heavy atom. The van der Waals surface area contributed by atoms with Crippen molar-refractivity contribution in [2.24, 2.45) is 0 Å². The highest BCUT2D eigenvalue weighted by Crippen LogP contribution is 2.28. The number of nitrogens with one attached hydrogen (secondary N) is 1. The average Bonchev–Trinajstić information content (AvgIpc) is 2.46. The lowest BCUT2D eigenvalue weighted by molar-refractivity contribution is -0.136. The zero-order valence-corrected chi connectivity index (χ0v) is 12.0. The van der Waals surface area contributed by atoms with Crippen LogP contribution in [-0.4, -0.2) is 37.3 Å². The van der Waals surface area contributed by atoms with Crippen LogP contribution in [0.25, 0.3) is 0 Å². The van der Waals surface area contributed by atoms with Crippen LogP contribution in [0, 0.1) is 0 Å². The Morgan fingerprint density at radius 2 is 1.75 bits per heavy atom. The third-order valence-electron chi connectivity index (χ3n) is 3.73. The van der Waals surface area contributed by atoms with Gasteiger partial charge in [-0.05, 0) is 37.8 Å². The molecular weight excluding hydrogens is 278 g/mol. The fourth-order valence-corrected chi connectivity index (χ4v) is 4.43. The first-order chi connectivity index (χ1) is 9.50. The van der Waals surface area contributed by atoms with Crippen molar-refractivity contribution in [1.82, 2.24) is 5.32 Å². The number of aliphatic carboxylic acids is 1. The predicted molar refractivity (Wildman–Crippen MR) is 75.3 cm³/mol. The fraction of sp³-hybridized carbons (Fsp3) is 0.500. The fourth-order valence-electron chi connectivity index (χ4n) is 2.61. The first-order valence-corrected chi connectivity index (χ1v) is 8.29. The summed E-state index contributed by atoms with van der Waals surface area (Å²) in [5.41, 5.74) is 0. The van der Waals surface area contributed by atoms with Gasteiger partial charge in [0.05, 0.1) is 16.7 Å². The molecule has 1 aliphatic rings. The lowest BCUT2D eigenvalue weighted by atomic mass is 9.95. The van der Waals surface area contributed by atoms with Crippen LogP contribution >= 0.6 is 0 Å². The molecule has 0 aromatic heterocycles. The molecule has 0 atom stereocenters. The van der Waals surface area contributed by atoms with E-state index in [-0.39, 0.29) is 17.8 Å². The maximum absolute atomic E-state index is 12.4. The maximum atomic E-state index is 12.4. The summed E-state index contributed by atoms with van der Waals surface area (Å²) in [6.07, 6.45) is 2.55. The van der Waals surface area contributed by atoms with Gasteiger partial charge in [0.1, 0.15) is 0 Å². The number of hydrogen-bond acceptors (Lipinski definition) is 4. The second-order valence-corrected chi connectivity index (χ2v) is 7.33. The van der Waals surface area contributed by atoms with Crippen molar-refractivity contribution in [3.63, 3.8) is 0 Å². The number of rotatable bonds is 5. The van der Waals surface area contributed by atoms with E-state index in [4.69, 9.17) is 5.11 Å². The molecule has 0 heterocycles. The summed E-state index contributed by atoms with van der Waals surface area (Å²) in [5, 5.41) is 11.2. The molecule has 0 amide bonds. The van der Waals surface area contributed by atoms with E-state index in [1.165, 1.54) is 0 Å². The van der Waals surface area contributed by atoms with Gasteiger partial charge in [-0.3, -0.25) is 4.79 Å². The quantitative estimate of drug-likeness (QED) is 0.859. The van der Waals surface area contributed by atoms with Gasteiger partial charge in [-0.15, -0.1) is 0 Å². The van der Waals surface area contributed by atoms with Gasteiger partial charge in [0.15, 0.2) is 9.84 Å². The number of sulfone groups is 1. The lowest BCUT2D eigenvalue weighted by Gasteiger charge is -2.28. The Hall–Kier alpha value is -1.40. The van der Waals surface area contributed by atoms with Gasteiger partial charge in [-0.2, -0.15) is 0 Å². The van der Waals surface area contributed by atoms with Gasteiger partial charge in [0.25, 0.3) is 0 Å². The van der Waals surface area contributed by atoms with Crippen molar-refractivity contribution in [2.75, 3.05) is 6.54 Å². The Labute approximate surface area is 118 Å². The van der Waals surface area contributed by atoms with Crippen LogP contribution in [0.1, 0.15) is 25.7 Å². The van der Waals surface area contributed by atoms with E-state index in [2.05, 4.69) is 5.32 Å². The van der Waals surface area contributed by atoms with Crippen molar-refractivity contribution in [3.8, 4) is 0 Å². The topological polar surface area (TPSA) is 83.5 Å². The summed E-state index contributed by atoms with van der Waals surface area (Å²) in [6, 6.07) is 8.62. The minimum atomic E-state index is -3.26. The summed E-state index contributed by atoms with van der Waals surface area (Å²) < 4.78 is 24.9. The molecule has 0 saturated heterocycles. The van der Waals surface area contributed by atoms with Gasteiger partial charge in [0.2, 0.25) is 0 Å². The highest BCUT2D eigenvalue weighted by atomic mass is 32.2. The van der Waals surface area contributed by atoms with Crippen LogP contribution in [0.2, 0.25) is 0 Å². The van der Waals surface area contributed by atoms with E-state index < -0.39 is 15.8 Å². The molecule has 6 heteroatoms. The number of hydrogen-bond donors (Lipinski definition) is 2. The molecule has 20 heavy (non-hydrogen) atoms. The molecule has 2 rings (SSSR count). The molecule has 5 nitrogen and oxygen atoms in total. The molecule has 0 unspecified atom stereocenters. The summed E-state index contributed by atoms with van der Waals surface area (Å²) in [6.45, 7) is -0.0687. The SMILES string of the molecule is O=C(O)CNC1CCC(S(=O)(=O)c2ccccc2)CC1. The number of carboxylic acids is 1. The second kappa shape index (κ2) is 6.37. The van der Waals surface area contributed by atoms with Gasteiger partial charge < -0.3 is 10.4 Å². The Balaban J connectivity index is 1.95. The smallest absolute Gasteiger partial charge is 0.317 e. The van der Waals surface area contributed by atoms with Crippen LogP contribution in [0.3, 0.4) is 0 Å². The minimum Gasteiger partial charge on any atom is -0.480 e. The molecule has 0 aliphatic heterocycles. The van der Waals surface area contributed by atoms with E-state index in [0.717, 1.165) is 0 Å². The van der Waals surface area contributed by atoms with Crippen LogP contribution < -0.4 is 5.32 Å². The van der Waals surface area contributed by atoms with Crippen molar-refractivity contribution in [2.45, 2.75) is 41.9 Å². The molecule has 0 bridgehead atoms. The van der Waals surface area contributed by atoms with Crippen molar-refractivity contribution < 1.29 is 18.3 Å². The van der Waals surface area contributed by atoms with E-state index in [1.807, 2.05) is 0 Å². The van der Waals surface area contributed by atoms with Gasteiger partial charge in [-0.1, -0.05) is 18.2 Å². The van der Waals surface area contributed by atoms with Gasteiger partial charge >= 0.3 is 5.97 Å². The summed E-state index contributed by atoms with van der Waals surface area (Å²) >= 11 is 0. The van der Waals surface area contributed by atoms with E-state index in [9.17, 15) is 13.2 Å². The number of carboxylic acid groups (broad SMARTS) is 1. The first-order valence-electron chi connectivity index (χ1n) is 6.74. The molecular formula is C14H19NO4S. The molecule has 0 radical (unpaired) electrons. The maximum Gasteiger partial charge on any atom is 0.317 e. The predicted octanol–water partition coefficient (Wildman–Crippen LogP) is 1.45. The third-order valence-corrected chi connectivity index (χ3v) is 6.01. The molecule has 110 valence electrons. The standard InChI is InChI=1S/C14H19NO4S/c16-14(17)10-15-11-6-8-13(9-7-11)20(18,19)12-4-2-1-3-5-12/h1-5,11,13,15H,6-10H2,(H,16,17). The number of carbonyl (C=O) groups is 1. The van der Waals surface area contributed by atoms with Crippen molar-refractivity contribution >= 4 is 15.8 Å². The van der Waals surface area contributed by atoms with Crippen LogP contribution in [0.15, 0.2) is 35.2 Å². The molecule has 1 saturated carbocycles. The zero-order valence-electron chi connectivity index (χ0n) is 11.2. The monoisotopic (exact) mass is 297 g/mol. The number of benzene rings is 1. The first kappa shape index (κ1) is 15.0. The molecule has 0 spiro atoms. The zero-order chi connectivity index (χ0) is 14.6. The van der Waals surface area contributed by atoms with Gasteiger partial charge in [0, 0.05) is 6.04 Å². The summed E-state index contributed by atoms with van der Waals surface area (Å²) in [4.78, 5) is 10.9. The lowest BCUT2D eigenvalue weighted by Crippen LogP contribution is -2.39. The molecule has 1 aliphatic carbocycles. The molecule has 1 aromatic rings. The summed E-state index contributed by atoms with van der Waals surface area (Å²) in [5.74, 6) is -0.885. The third kappa shape index (κ3) is 3.58. The average molecular weight is 297 g/mol. The highest BCUT2D eigenvalue weighted by molar-refractivity contribution is 7.92. The normalized spacial score (nSPS) is 23.4. The second-order valence-electron chi connectivity index (χ2n) is 5.11. The largest absolute Gasteiger partial charge is 0.480 e. The minimum absolute atomic E-state index is 0.0687. The summed E-state index contributed by atoms with van der Waals surface area (Å²) in [7, 11) is -3.26. The van der Waals surface area contributed by atoms with E-state index >= 15 is 0 Å². The van der Waals surface area contributed by atoms with E-state index in [1.54, 1.807) is 30.3 Å². The Bertz CT molecular complexity index is 548. The Kier molecular flexibility index (Phi) is 4.77. The molecule has 1 aromatic carbocycles. The highest BCUT2D eigenvalue weighted by Gasteiger charge is 2.31. The van der Waals surface area contributed by atoms with Crippen LogP contribution in [-0.2, 0) is 14.6 Å². The Morgan fingerprint density at radius 1 is 1.15 bits per heavy atom.